The molecule has 1 aromatic rings. The highest BCUT2D eigenvalue weighted by Crippen LogP contribution is 2.31. The predicted octanol–water partition coefficient (Wildman–Crippen LogP) is 4.49. The molecule has 2 atom stereocenters. The maximum atomic E-state index is 6.02. The molecular weight excluding hydrogens is 330 g/mol. The minimum absolute atomic E-state index is 0.0925. The average Bonchev–Trinajstić information content (AvgIpc) is 2.50. The molecule has 1 aliphatic rings. The topological polar surface area (TPSA) is 49.8 Å². The van der Waals surface area contributed by atoms with Gasteiger partial charge in [0.25, 0.3) is 0 Å². The van der Waals surface area contributed by atoms with E-state index in [1.165, 1.54) is 0 Å². The van der Waals surface area contributed by atoms with E-state index in [9.17, 15) is 0 Å². The molecule has 0 amide bonds. The van der Waals surface area contributed by atoms with E-state index in [1.807, 2.05) is 12.1 Å². The maximum absolute atomic E-state index is 6.02. The Morgan fingerprint density at radius 3 is 2.46 bits per heavy atom. The second kappa shape index (κ2) is 9.56. The van der Waals surface area contributed by atoms with E-state index in [0.717, 1.165) is 31.6 Å². The zero-order valence-electron chi connectivity index (χ0n) is 17.2. The van der Waals surface area contributed by atoms with E-state index in [1.54, 1.807) is 13.3 Å². The van der Waals surface area contributed by atoms with Crippen molar-refractivity contribution >= 4 is 0 Å². The van der Waals surface area contributed by atoms with Crippen LogP contribution in [0.25, 0.3) is 0 Å². The Kier molecular flexibility index (Phi) is 7.71. The van der Waals surface area contributed by atoms with Crippen LogP contribution < -0.4 is 9.47 Å². The fraction of sp³-hybridized carbons (Fsp3) is 0.762. The van der Waals surface area contributed by atoms with Crippen molar-refractivity contribution in [3.05, 3.63) is 18.3 Å². The fourth-order valence-electron chi connectivity index (χ4n) is 3.28. The number of ether oxygens (including phenoxy) is 4. The number of aromatic nitrogens is 1. The molecule has 0 bridgehead atoms. The lowest BCUT2D eigenvalue weighted by atomic mass is 9.91. The molecule has 2 rings (SSSR count). The molecule has 1 aliphatic carbocycles. The summed E-state index contributed by atoms with van der Waals surface area (Å²) in [4.78, 5) is 4.29. The lowest BCUT2D eigenvalue weighted by Crippen LogP contribution is -2.43. The molecule has 0 radical (unpaired) electrons. The number of rotatable bonds is 10. The first-order chi connectivity index (χ1) is 12.2. The van der Waals surface area contributed by atoms with Crippen molar-refractivity contribution in [3.63, 3.8) is 0 Å². The molecule has 0 saturated heterocycles. The summed E-state index contributed by atoms with van der Waals surface area (Å²) in [5.74, 6) is 2.42. The van der Waals surface area contributed by atoms with Crippen LogP contribution in [0.1, 0.15) is 53.9 Å². The van der Waals surface area contributed by atoms with Crippen molar-refractivity contribution < 1.29 is 18.9 Å². The van der Waals surface area contributed by atoms with Gasteiger partial charge in [0.2, 0.25) is 5.88 Å². The fourth-order valence-corrected chi connectivity index (χ4v) is 3.28. The van der Waals surface area contributed by atoms with Gasteiger partial charge in [-0.3, -0.25) is 0 Å². The molecule has 148 valence electrons. The van der Waals surface area contributed by atoms with Gasteiger partial charge < -0.3 is 18.9 Å². The normalized spacial score (nSPS) is 22.4. The van der Waals surface area contributed by atoms with E-state index in [-0.39, 0.29) is 11.7 Å². The molecule has 0 N–H and O–H groups in total. The third-order valence-corrected chi connectivity index (χ3v) is 4.35. The quantitative estimate of drug-likeness (QED) is 0.611. The molecule has 0 spiro atoms. The summed E-state index contributed by atoms with van der Waals surface area (Å²) in [6.07, 6.45) is 5.19. The number of nitrogens with zero attached hydrogens (tertiary/aromatic N) is 1. The van der Waals surface area contributed by atoms with Gasteiger partial charge in [0.15, 0.2) is 0 Å². The lowest BCUT2D eigenvalue weighted by molar-refractivity contribution is -0.126. The van der Waals surface area contributed by atoms with Crippen LogP contribution in [0.3, 0.4) is 0 Å². The number of methoxy groups -OCH3 is 1. The Morgan fingerprint density at radius 2 is 1.81 bits per heavy atom. The summed E-state index contributed by atoms with van der Waals surface area (Å²) in [7, 11) is 1.74. The number of pyridine rings is 1. The van der Waals surface area contributed by atoms with Crippen LogP contribution in [-0.4, -0.2) is 43.1 Å². The van der Waals surface area contributed by atoms with E-state index in [4.69, 9.17) is 18.9 Å². The van der Waals surface area contributed by atoms with Crippen molar-refractivity contribution in [2.24, 2.45) is 11.8 Å². The third-order valence-electron chi connectivity index (χ3n) is 4.35. The van der Waals surface area contributed by atoms with Crippen LogP contribution in [0.2, 0.25) is 0 Å². The SMILES string of the molecule is COCC(C)CC(C)COc1cc(OC2CC(OC(C)(C)C)C2)ccn1. The van der Waals surface area contributed by atoms with Gasteiger partial charge in [0, 0.05) is 38.8 Å². The van der Waals surface area contributed by atoms with Crippen LogP contribution in [0.15, 0.2) is 18.3 Å². The van der Waals surface area contributed by atoms with Crippen molar-refractivity contribution in [1.29, 1.82) is 0 Å². The standard InChI is InChI=1S/C21H35NO4/c1-15(13-23-6)9-16(2)14-24-20-12-17(7-8-22-20)25-18-10-19(11-18)26-21(3,4)5/h7-8,12,15-16,18-19H,9-11,13-14H2,1-6H3. The van der Waals surface area contributed by atoms with Gasteiger partial charge in [-0.15, -0.1) is 0 Å². The maximum Gasteiger partial charge on any atom is 0.216 e. The zero-order chi connectivity index (χ0) is 19.2. The summed E-state index contributed by atoms with van der Waals surface area (Å²) < 4.78 is 23.0. The molecule has 26 heavy (non-hydrogen) atoms. The van der Waals surface area contributed by atoms with E-state index >= 15 is 0 Å². The smallest absolute Gasteiger partial charge is 0.216 e. The Labute approximate surface area is 158 Å². The van der Waals surface area contributed by atoms with Gasteiger partial charge in [-0.1, -0.05) is 13.8 Å². The van der Waals surface area contributed by atoms with Crippen LogP contribution in [0.4, 0.5) is 0 Å². The minimum atomic E-state index is -0.0925. The third kappa shape index (κ3) is 7.50. The lowest BCUT2D eigenvalue weighted by Gasteiger charge is -2.39. The van der Waals surface area contributed by atoms with Crippen LogP contribution in [0, 0.1) is 11.8 Å². The average molecular weight is 366 g/mol. The highest BCUT2D eigenvalue weighted by atomic mass is 16.5. The van der Waals surface area contributed by atoms with E-state index in [0.29, 0.717) is 30.4 Å². The highest BCUT2D eigenvalue weighted by Gasteiger charge is 2.34. The van der Waals surface area contributed by atoms with Crippen molar-refractivity contribution in [3.8, 4) is 11.6 Å². The van der Waals surface area contributed by atoms with Crippen molar-refractivity contribution in [2.75, 3.05) is 20.3 Å². The number of hydrogen-bond acceptors (Lipinski definition) is 5. The summed E-state index contributed by atoms with van der Waals surface area (Å²) in [6, 6.07) is 3.76. The van der Waals surface area contributed by atoms with Crippen LogP contribution in [0.5, 0.6) is 11.6 Å². The molecule has 5 nitrogen and oxygen atoms in total. The first-order valence-corrected chi connectivity index (χ1v) is 9.67. The molecule has 1 fully saturated rings. The summed E-state index contributed by atoms with van der Waals surface area (Å²) >= 11 is 0. The molecule has 1 aromatic heterocycles. The molecule has 0 aromatic carbocycles. The summed E-state index contributed by atoms with van der Waals surface area (Å²) in [5, 5.41) is 0. The van der Waals surface area contributed by atoms with Gasteiger partial charge >= 0.3 is 0 Å². The minimum Gasteiger partial charge on any atom is -0.490 e. The Bertz CT molecular complexity index is 537. The second-order valence-electron chi connectivity index (χ2n) is 8.61. The Hall–Kier alpha value is -1.33. The molecule has 2 unspecified atom stereocenters. The van der Waals surface area contributed by atoms with E-state index < -0.39 is 0 Å². The van der Waals surface area contributed by atoms with Crippen LogP contribution in [-0.2, 0) is 9.47 Å². The van der Waals surface area contributed by atoms with Gasteiger partial charge in [0.1, 0.15) is 11.9 Å². The molecular formula is C21H35NO4. The van der Waals surface area contributed by atoms with E-state index in [2.05, 4.69) is 39.6 Å². The first kappa shape index (κ1) is 21.0. The summed E-state index contributed by atoms with van der Waals surface area (Å²) in [6.45, 7) is 12.1. The van der Waals surface area contributed by atoms with Crippen LogP contribution >= 0.6 is 0 Å². The second-order valence-corrected chi connectivity index (χ2v) is 8.61. The summed E-state index contributed by atoms with van der Waals surface area (Å²) in [5.41, 5.74) is -0.0925. The van der Waals surface area contributed by atoms with Gasteiger partial charge in [0.05, 0.1) is 18.3 Å². The molecule has 1 heterocycles. The molecule has 5 heteroatoms. The highest BCUT2D eigenvalue weighted by molar-refractivity contribution is 5.26. The predicted molar refractivity (Wildman–Crippen MR) is 103 cm³/mol. The molecule has 0 aliphatic heterocycles. The van der Waals surface area contributed by atoms with Gasteiger partial charge in [-0.05, 0) is 45.1 Å². The molecule has 1 saturated carbocycles. The Morgan fingerprint density at radius 1 is 1.12 bits per heavy atom. The van der Waals surface area contributed by atoms with Crippen molar-refractivity contribution in [2.45, 2.75) is 71.7 Å². The van der Waals surface area contributed by atoms with Crippen molar-refractivity contribution in [1.82, 2.24) is 4.98 Å². The van der Waals surface area contributed by atoms with Gasteiger partial charge in [-0.2, -0.15) is 0 Å². The Balaban J connectivity index is 1.73. The van der Waals surface area contributed by atoms with Gasteiger partial charge in [-0.25, -0.2) is 4.98 Å². The first-order valence-electron chi connectivity index (χ1n) is 9.67. The monoisotopic (exact) mass is 365 g/mol. The zero-order valence-corrected chi connectivity index (χ0v) is 17.2. The number of hydrogen-bond donors (Lipinski definition) is 0. The largest absolute Gasteiger partial charge is 0.490 e.